The minimum absolute atomic E-state index is 0.450. The third kappa shape index (κ3) is 5.43. The molecule has 1 saturated heterocycles. The van der Waals surface area contributed by atoms with Gasteiger partial charge in [0.1, 0.15) is 0 Å². The van der Waals surface area contributed by atoms with Gasteiger partial charge in [-0.3, -0.25) is 0 Å². The highest BCUT2D eigenvalue weighted by atomic mass is 35.5. The zero-order valence-corrected chi connectivity index (χ0v) is 12.9. The number of hydrogen-bond donors (Lipinski definition) is 1. The smallest absolute Gasteiger partial charge is 0.202 e. The van der Waals surface area contributed by atoms with E-state index in [2.05, 4.69) is 18.6 Å². The Hall–Kier alpha value is 0.160. The summed E-state index contributed by atoms with van der Waals surface area (Å²) in [4.78, 5) is 0. The minimum atomic E-state index is -3.27. The van der Waals surface area contributed by atoms with Gasteiger partial charge in [0.05, 0.1) is 0 Å². The molecule has 0 aromatic carbocycles. The molecular weight excluding hydrogens is 272 g/mol. The molecule has 6 heteroatoms. The van der Waals surface area contributed by atoms with Crippen LogP contribution in [0.2, 0.25) is 0 Å². The quantitative estimate of drug-likeness (QED) is 0.578. The van der Waals surface area contributed by atoms with E-state index < -0.39 is 10.2 Å². The van der Waals surface area contributed by atoms with Crippen LogP contribution in [-0.2, 0) is 10.2 Å². The van der Waals surface area contributed by atoms with Crippen LogP contribution in [0.1, 0.15) is 39.5 Å². The fourth-order valence-electron chi connectivity index (χ4n) is 2.18. The molecule has 1 aliphatic heterocycles. The number of piperidine rings is 1. The lowest BCUT2D eigenvalue weighted by atomic mass is 10.0. The Kier molecular flexibility index (Phi) is 6.92. The molecule has 0 aliphatic carbocycles. The molecule has 4 nitrogen and oxygen atoms in total. The molecule has 0 aromatic rings. The fraction of sp³-hybridized carbons (Fsp3) is 1.00. The van der Waals surface area contributed by atoms with Crippen molar-refractivity contribution < 1.29 is 8.42 Å². The second-order valence-corrected chi connectivity index (χ2v) is 7.47. The summed E-state index contributed by atoms with van der Waals surface area (Å²) in [6.45, 7) is 5.98. The lowest BCUT2D eigenvalue weighted by Crippen LogP contribution is -2.45. The zero-order chi connectivity index (χ0) is 13.6. The van der Waals surface area contributed by atoms with Crippen LogP contribution >= 0.6 is 11.6 Å². The normalized spacial score (nSPS) is 24.1. The molecule has 18 heavy (non-hydrogen) atoms. The first-order chi connectivity index (χ1) is 8.45. The molecule has 0 aromatic heterocycles. The van der Waals surface area contributed by atoms with Crippen molar-refractivity contribution in [1.82, 2.24) is 9.03 Å². The monoisotopic (exact) mass is 296 g/mol. The van der Waals surface area contributed by atoms with Crippen molar-refractivity contribution in [3.8, 4) is 0 Å². The van der Waals surface area contributed by atoms with Gasteiger partial charge in [-0.15, -0.1) is 11.6 Å². The van der Waals surface area contributed by atoms with E-state index in [0.29, 0.717) is 37.4 Å². The SMILES string of the molecule is CC(CCl)CCCNS(=O)(=O)N1CCCC(C)C1. The molecule has 0 amide bonds. The first-order valence-corrected chi connectivity index (χ1v) is 8.74. The molecule has 0 radical (unpaired) electrons. The van der Waals surface area contributed by atoms with E-state index in [1.807, 2.05) is 0 Å². The maximum Gasteiger partial charge on any atom is 0.279 e. The Balaban J connectivity index is 2.31. The van der Waals surface area contributed by atoms with E-state index in [1.54, 1.807) is 4.31 Å². The van der Waals surface area contributed by atoms with Crippen molar-refractivity contribution in [2.45, 2.75) is 39.5 Å². The summed E-state index contributed by atoms with van der Waals surface area (Å²) in [5.41, 5.74) is 0. The van der Waals surface area contributed by atoms with E-state index >= 15 is 0 Å². The maximum atomic E-state index is 12.0. The van der Waals surface area contributed by atoms with Gasteiger partial charge < -0.3 is 0 Å². The number of halogens is 1. The molecule has 1 N–H and O–H groups in total. The molecule has 1 rings (SSSR count). The molecule has 2 unspecified atom stereocenters. The third-order valence-electron chi connectivity index (χ3n) is 3.38. The predicted octanol–water partition coefficient (Wildman–Crippen LogP) is 2.21. The van der Waals surface area contributed by atoms with Crippen molar-refractivity contribution in [2.24, 2.45) is 11.8 Å². The first-order valence-electron chi connectivity index (χ1n) is 6.76. The van der Waals surface area contributed by atoms with Crippen molar-refractivity contribution in [2.75, 3.05) is 25.5 Å². The van der Waals surface area contributed by atoms with Crippen LogP contribution in [0.25, 0.3) is 0 Å². The third-order valence-corrected chi connectivity index (χ3v) is 5.49. The summed E-state index contributed by atoms with van der Waals surface area (Å²) in [6, 6.07) is 0. The van der Waals surface area contributed by atoms with Gasteiger partial charge in [0.2, 0.25) is 0 Å². The zero-order valence-electron chi connectivity index (χ0n) is 11.4. The van der Waals surface area contributed by atoms with E-state index in [0.717, 1.165) is 25.7 Å². The Labute approximate surface area is 116 Å². The van der Waals surface area contributed by atoms with Crippen LogP contribution < -0.4 is 4.72 Å². The van der Waals surface area contributed by atoms with Crippen LogP contribution in [0, 0.1) is 11.8 Å². The van der Waals surface area contributed by atoms with Gasteiger partial charge in [0, 0.05) is 25.5 Å². The summed E-state index contributed by atoms with van der Waals surface area (Å²) in [7, 11) is -3.27. The summed E-state index contributed by atoms with van der Waals surface area (Å²) in [5.74, 6) is 1.55. The Morgan fingerprint density at radius 3 is 2.83 bits per heavy atom. The van der Waals surface area contributed by atoms with Gasteiger partial charge in [-0.05, 0) is 37.5 Å². The van der Waals surface area contributed by atoms with Gasteiger partial charge in [-0.2, -0.15) is 12.7 Å². The lowest BCUT2D eigenvalue weighted by molar-refractivity contribution is 0.278. The van der Waals surface area contributed by atoms with Gasteiger partial charge in [-0.25, -0.2) is 4.72 Å². The van der Waals surface area contributed by atoms with Crippen LogP contribution in [0.5, 0.6) is 0 Å². The maximum absolute atomic E-state index is 12.0. The minimum Gasteiger partial charge on any atom is -0.202 e. The van der Waals surface area contributed by atoms with Crippen molar-refractivity contribution in [1.29, 1.82) is 0 Å². The number of alkyl halides is 1. The summed E-state index contributed by atoms with van der Waals surface area (Å²) >= 11 is 5.71. The van der Waals surface area contributed by atoms with Crippen LogP contribution in [-0.4, -0.2) is 38.2 Å². The number of nitrogens with one attached hydrogen (secondary N) is 1. The van der Waals surface area contributed by atoms with Gasteiger partial charge >= 0.3 is 0 Å². The molecule has 2 atom stereocenters. The summed E-state index contributed by atoms with van der Waals surface area (Å²) in [6.07, 6.45) is 3.89. The largest absolute Gasteiger partial charge is 0.279 e. The molecule has 0 spiro atoms. The molecular formula is C12H25ClN2O2S. The molecule has 108 valence electrons. The second kappa shape index (κ2) is 7.68. The molecule has 0 bridgehead atoms. The molecule has 1 heterocycles. The Morgan fingerprint density at radius 2 is 2.22 bits per heavy atom. The van der Waals surface area contributed by atoms with Gasteiger partial charge in [-0.1, -0.05) is 13.8 Å². The van der Waals surface area contributed by atoms with Crippen molar-refractivity contribution in [3.05, 3.63) is 0 Å². The average Bonchev–Trinajstić information content (AvgIpc) is 2.34. The average molecular weight is 297 g/mol. The van der Waals surface area contributed by atoms with E-state index in [4.69, 9.17) is 11.6 Å². The van der Waals surface area contributed by atoms with Gasteiger partial charge in [0.15, 0.2) is 0 Å². The van der Waals surface area contributed by atoms with Crippen molar-refractivity contribution in [3.63, 3.8) is 0 Å². The topological polar surface area (TPSA) is 49.4 Å². The first kappa shape index (κ1) is 16.2. The summed E-state index contributed by atoms with van der Waals surface area (Å²) in [5, 5.41) is 0. The van der Waals surface area contributed by atoms with E-state index in [9.17, 15) is 8.42 Å². The second-order valence-electron chi connectivity index (χ2n) is 5.41. The van der Waals surface area contributed by atoms with Gasteiger partial charge in [0.25, 0.3) is 10.2 Å². The standard InChI is InChI=1S/C12H25ClN2O2S/c1-11(9-13)5-3-7-14-18(16,17)15-8-4-6-12(2)10-15/h11-12,14H,3-10H2,1-2H3. The van der Waals surface area contributed by atoms with E-state index in [-0.39, 0.29) is 0 Å². The fourth-order valence-corrected chi connectivity index (χ4v) is 3.74. The summed E-state index contributed by atoms with van der Waals surface area (Å²) < 4.78 is 28.3. The number of rotatable bonds is 7. The van der Waals surface area contributed by atoms with Crippen molar-refractivity contribution >= 4 is 21.8 Å². The van der Waals surface area contributed by atoms with Crippen LogP contribution in [0.4, 0.5) is 0 Å². The molecule has 0 saturated carbocycles. The Bertz CT molecular complexity index is 335. The highest BCUT2D eigenvalue weighted by Gasteiger charge is 2.26. The lowest BCUT2D eigenvalue weighted by Gasteiger charge is -2.30. The molecule has 1 aliphatic rings. The predicted molar refractivity (Wildman–Crippen MR) is 76.0 cm³/mol. The highest BCUT2D eigenvalue weighted by Crippen LogP contribution is 2.17. The van der Waals surface area contributed by atoms with Crippen LogP contribution in [0.15, 0.2) is 0 Å². The Morgan fingerprint density at radius 1 is 1.50 bits per heavy atom. The highest BCUT2D eigenvalue weighted by molar-refractivity contribution is 7.87. The number of hydrogen-bond acceptors (Lipinski definition) is 2. The van der Waals surface area contributed by atoms with E-state index in [1.165, 1.54) is 0 Å². The van der Waals surface area contributed by atoms with Crippen LogP contribution in [0.3, 0.4) is 0 Å². The number of nitrogens with zero attached hydrogens (tertiary/aromatic N) is 1. The molecule has 1 fully saturated rings.